The van der Waals surface area contributed by atoms with Crippen molar-refractivity contribution in [3.63, 3.8) is 0 Å². The molecule has 113 valence electrons. The number of aromatic hydroxyl groups is 1. The van der Waals surface area contributed by atoms with Crippen LogP contribution in [0.1, 0.15) is 82.3 Å². The predicted octanol–water partition coefficient (Wildman–Crippen LogP) is 5.96. The van der Waals surface area contributed by atoms with Crippen molar-refractivity contribution < 1.29 is 5.11 Å². The Kier molecular flexibility index (Phi) is 9.19. The van der Waals surface area contributed by atoms with Gasteiger partial charge in [-0.1, -0.05) is 64.7 Å². The lowest BCUT2D eigenvalue weighted by Gasteiger charge is -2.06. The first-order valence-electron chi connectivity index (χ1n) is 8.44. The molecule has 1 radical (unpaired) electrons. The van der Waals surface area contributed by atoms with Crippen LogP contribution < -0.4 is 0 Å². The Hall–Kier alpha value is -0.980. The molecule has 1 nitrogen and oxygen atoms in total. The quantitative estimate of drug-likeness (QED) is 0.494. The minimum atomic E-state index is 0.276. The number of hydrogen-bond acceptors (Lipinski definition) is 1. The van der Waals surface area contributed by atoms with E-state index < -0.39 is 0 Å². The van der Waals surface area contributed by atoms with E-state index >= 15 is 0 Å². The van der Waals surface area contributed by atoms with Gasteiger partial charge in [-0.15, -0.1) is 0 Å². The van der Waals surface area contributed by atoms with Gasteiger partial charge in [-0.2, -0.15) is 0 Å². The largest absolute Gasteiger partial charge is 0.507 e. The van der Waals surface area contributed by atoms with Gasteiger partial charge in [-0.25, -0.2) is 0 Å². The maximum absolute atomic E-state index is 9.44. The van der Waals surface area contributed by atoms with Crippen molar-refractivity contribution in [2.45, 2.75) is 84.5 Å². The van der Waals surface area contributed by atoms with Gasteiger partial charge in [0.15, 0.2) is 0 Å². The highest BCUT2D eigenvalue weighted by molar-refractivity contribution is 5.33. The number of unbranched alkanes of at least 4 members (excludes halogenated alkanes) is 9. The molecule has 0 heterocycles. The molecule has 0 aliphatic rings. The molecule has 0 spiro atoms. The van der Waals surface area contributed by atoms with Gasteiger partial charge in [0.1, 0.15) is 5.75 Å². The lowest BCUT2D eigenvalue weighted by atomic mass is 10.0. The van der Waals surface area contributed by atoms with Crippen molar-refractivity contribution in [3.8, 4) is 5.75 Å². The fourth-order valence-corrected chi connectivity index (χ4v) is 2.67. The highest BCUT2D eigenvalue weighted by atomic mass is 16.3. The Morgan fingerprint density at radius 1 is 0.900 bits per heavy atom. The summed E-state index contributed by atoms with van der Waals surface area (Å²) in [4.78, 5) is 0. The summed E-state index contributed by atoms with van der Waals surface area (Å²) in [5, 5.41) is 9.44. The molecule has 1 N–H and O–H groups in total. The van der Waals surface area contributed by atoms with Crippen LogP contribution in [0.5, 0.6) is 5.75 Å². The van der Waals surface area contributed by atoms with E-state index in [1.54, 1.807) is 0 Å². The summed E-state index contributed by atoms with van der Waals surface area (Å²) in [7, 11) is 0. The van der Waals surface area contributed by atoms with Crippen molar-refractivity contribution in [1.82, 2.24) is 0 Å². The average Bonchev–Trinajstić information content (AvgIpc) is 2.44. The van der Waals surface area contributed by atoms with Crippen molar-refractivity contribution in [2.24, 2.45) is 0 Å². The Morgan fingerprint density at radius 2 is 1.45 bits per heavy atom. The van der Waals surface area contributed by atoms with Gasteiger partial charge >= 0.3 is 0 Å². The summed E-state index contributed by atoms with van der Waals surface area (Å²) < 4.78 is 0. The third kappa shape index (κ3) is 7.57. The SMILES string of the molecule is CCCCCCCCCCCCc1cc(O)[c]cc1C. The van der Waals surface area contributed by atoms with Crippen LogP contribution in [0.15, 0.2) is 12.1 Å². The van der Waals surface area contributed by atoms with Crippen LogP contribution in [-0.2, 0) is 6.42 Å². The Labute approximate surface area is 125 Å². The predicted molar refractivity (Wildman–Crippen MR) is 87.2 cm³/mol. The van der Waals surface area contributed by atoms with Crippen molar-refractivity contribution in [1.29, 1.82) is 0 Å². The molecular weight excluding hydrogens is 244 g/mol. The molecule has 1 aromatic carbocycles. The highest BCUT2D eigenvalue weighted by Crippen LogP contribution is 2.18. The third-order valence-electron chi connectivity index (χ3n) is 4.05. The number of hydrogen-bond donors (Lipinski definition) is 1. The molecule has 0 unspecified atom stereocenters. The first-order valence-corrected chi connectivity index (χ1v) is 8.44. The van der Waals surface area contributed by atoms with Crippen LogP contribution in [-0.4, -0.2) is 5.11 Å². The standard InChI is InChI=1S/C19H31O/c1-3-4-5-6-7-8-9-10-11-12-13-18-16-19(20)15-14-17(18)2/h14,16,20H,3-13H2,1-2H3. The molecule has 0 saturated carbocycles. The zero-order valence-corrected chi connectivity index (χ0v) is 13.4. The number of phenolic OH excluding ortho intramolecular Hbond substituents is 1. The van der Waals surface area contributed by atoms with E-state index in [1.165, 1.54) is 75.3 Å². The Balaban J connectivity index is 1.98. The highest BCUT2D eigenvalue weighted by Gasteiger charge is 2.00. The fraction of sp³-hybridized carbons (Fsp3) is 0.684. The Morgan fingerprint density at radius 3 is 2.05 bits per heavy atom. The molecule has 0 aromatic heterocycles. The van der Waals surface area contributed by atoms with E-state index in [2.05, 4.69) is 19.9 Å². The smallest absolute Gasteiger partial charge is 0.123 e. The van der Waals surface area contributed by atoms with Crippen molar-refractivity contribution >= 4 is 0 Å². The monoisotopic (exact) mass is 275 g/mol. The second-order valence-electron chi connectivity index (χ2n) is 5.96. The van der Waals surface area contributed by atoms with E-state index in [9.17, 15) is 5.11 Å². The molecular formula is C19H31O. The summed E-state index contributed by atoms with van der Waals surface area (Å²) >= 11 is 0. The first-order chi connectivity index (χ1) is 9.74. The van der Waals surface area contributed by atoms with E-state index in [0.717, 1.165) is 6.42 Å². The van der Waals surface area contributed by atoms with E-state index in [4.69, 9.17) is 0 Å². The lowest BCUT2D eigenvalue weighted by Crippen LogP contribution is -1.90. The zero-order valence-electron chi connectivity index (χ0n) is 13.4. The molecule has 0 amide bonds. The van der Waals surface area contributed by atoms with Crippen LogP contribution in [0, 0.1) is 13.0 Å². The molecule has 0 bridgehead atoms. The molecule has 0 aliphatic heterocycles. The third-order valence-corrected chi connectivity index (χ3v) is 4.05. The van der Waals surface area contributed by atoms with Gasteiger partial charge in [0.2, 0.25) is 0 Å². The molecule has 1 heteroatoms. The normalized spacial score (nSPS) is 10.9. The number of aryl methyl sites for hydroxylation is 2. The van der Waals surface area contributed by atoms with E-state index in [0.29, 0.717) is 0 Å². The summed E-state index contributed by atoms with van der Waals surface area (Å²) in [6, 6.07) is 6.59. The van der Waals surface area contributed by atoms with Crippen LogP contribution in [0.2, 0.25) is 0 Å². The van der Waals surface area contributed by atoms with Crippen molar-refractivity contribution in [2.75, 3.05) is 0 Å². The molecule has 0 fully saturated rings. The van der Waals surface area contributed by atoms with Gasteiger partial charge in [0.05, 0.1) is 0 Å². The molecule has 0 aliphatic carbocycles. The van der Waals surface area contributed by atoms with Crippen LogP contribution >= 0.6 is 0 Å². The first kappa shape index (κ1) is 17.1. The fourth-order valence-electron chi connectivity index (χ4n) is 2.67. The van der Waals surface area contributed by atoms with Gasteiger partial charge in [0.25, 0.3) is 0 Å². The Bertz CT molecular complexity index is 357. The van der Waals surface area contributed by atoms with Gasteiger partial charge in [-0.3, -0.25) is 0 Å². The van der Waals surface area contributed by atoms with Gasteiger partial charge in [0, 0.05) is 6.07 Å². The second-order valence-corrected chi connectivity index (χ2v) is 5.96. The van der Waals surface area contributed by atoms with Crippen molar-refractivity contribution in [3.05, 3.63) is 29.3 Å². The minimum Gasteiger partial charge on any atom is -0.507 e. The second kappa shape index (κ2) is 10.8. The molecule has 1 aromatic rings. The van der Waals surface area contributed by atoms with Crippen LogP contribution in [0.25, 0.3) is 0 Å². The molecule has 0 saturated heterocycles. The van der Waals surface area contributed by atoms with Crippen LogP contribution in [0.4, 0.5) is 0 Å². The van der Waals surface area contributed by atoms with Crippen LogP contribution in [0.3, 0.4) is 0 Å². The van der Waals surface area contributed by atoms with E-state index in [-0.39, 0.29) is 5.75 Å². The maximum atomic E-state index is 9.44. The van der Waals surface area contributed by atoms with E-state index in [1.807, 2.05) is 12.1 Å². The molecule has 0 atom stereocenters. The topological polar surface area (TPSA) is 20.2 Å². The summed E-state index contributed by atoms with van der Waals surface area (Å²) in [5.41, 5.74) is 2.53. The maximum Gasteiger partial charge on any atom is 0.123 e. The minimum absolute atomic E-state index is 0.276. The lowest BCUT2D eigenvalue weighted by molar-refractivity contribution is 0.473. The summed E-state index contributed by atoms with van der Waals surface area (Å²) in [6.07, 6.45) is 14.8. The zero-order chi connectivity index (χ0) is 14.6. The number of benzene rings is 1. The molecule has 20 heavy (non-hydrogen) atoms. The summed E-state index contributed by atoms with van der Waals surface area (Å²) in [5.74, 6) is 0.276. The molecule has 1 rings (SSSR count). The number of rotatable bonds is 11. The number of phenols is 1. The average molecular weight is 275 g/mol. The van der Waals surface area contributed by atoms with Gasteiger partial charge < -0.3 is 5.11 Å². The van der Waals surface area contributed by atoms with Gasteiger partial charge in [-0.05, 0) is 43.0 Å². The summed E-state index contributed by atoms with van der Waals surface area (Å²) in [6.45, 7) is 4.37.